The third-order valence-electron chi connectivity index (χ3n) is 3.18. The summed E-state index contributed by atoms with van der Waals surface area (Å²) in [7, 11) is 0. The quantitative estimate of drug-likeness (QED) is 0.684. The van der Waals surface area contributed by atoms with E-state index in [-0.39, 0.29) is 5.92 Å². The Labute approximate surface area is 94.4 Å². The largest absolute Gasteiger partial charge is 0.444 e. The first kappa shape index (κ1) is 11.6. The Morgan fingerprint density at radius 2 is 2.12 bits per heavy atom. The Morgan fingerprint density at radius 3 is 2.56 bits per heavy atom. The second kappa shape index (κ2) is 3.58. The first-order chi connectivity index (χ1) is 7.29. The number of aliphatic hydroxyl groups is 1. The van der Waals surface area contributed by atoms with E-state index in [1.807, 2.05) is 0 Å². The molecule has 1 aliphatic heterocycles. The monoisotopic (exact) mass is 231 g/mol. The van der Waals surface area contributed by atoms with Crippen LogP contribution in [-0.4, -0.2) is 46.6 Å². The Balaban J connectivity index is 2.01. The van der Waals surface area contributed by atoms with E-state index in [0.717, 1.165) is 0 Å². The molecule has 2 aliphatic rings. The normalized spacial score (nSPS) is 37.9. The average molecular weight is 231 g/mol. The molecule has 1 aliphatic carbocycles. The average Bonchev–Trinajstić information content (AvgIpc) is 2.65. The van der Waals surface area contributed by atoms with Crippen molar-refractivity contribution < 1.29 is 19.0 Å². The van der Waals surface area contributed by atoms with Crippen LogP contribution in [-0.2, 0) is 4.74 Å². The molecule has 1 heterocycles. The van der Waals surface area contributed by atoms with E-state index in [1.165, 1.54) is 4.90 Å². The number of ether oxygens (including phenoxy) is 1. The van der Waals surface area contributed by atoms with Crippen molar-refractivity contribution in [2.24, 2.45) is 5.92 Å². The molecule has 2 bridgehead atoms. The lowest BCUT2D eigenvalue weighted by atomic mass is 10.1. The molecule has 4 atom stereocenters. The molecule has 1 amide bonds. The lowest BCUT2D eigenvalue weighted by Gasteiger charge is -2.33. The fourth-order valence-electron chi connectivity index (χ4n) is 2.47. The number of fused-ring (bicyclic) bond motifs is 2. The zero-order valence-electron chi connectivity index (χ0n) is 9.81. The minimum absolute atomic E-state index is 0.132. The molecule has 2 fully saturated rings. The zero-order chi connectivity index (χ0) is 12.1. The van der Waals surface area contributed by atoms with Crippen molar-refractivity contribution in [2.75, 3.05) is 6.54 Å². The van der Waals surface area contributed by atoms with Crippen LogP contribution in [0.25, 0.3) is 0 Å². The number of aliphatic hydroxyl groups excluding tert-OH is 1. The number of likely N-dealkylation sites (tertiary alicyclic amines) is 1. The molecule has 0 radical (unpaired) electrons. The lowest BCUT2D eigenvalue weighted by molar-refractivity contribution is -0.0215. The molecule has 2 unspecified atom stereocenters. The van der Waals surface area contributed by atoms with Crippen molar-refractivity contribution in [3.8, 4) is 0 Å². The number of hydrogen-bond donors (Lipinski definition) is 1. The number of nitrogens with zero attached hydrogens (tertiary/aromatic N) is 1. The van der Waals surface area contributed by atoms with Gasteiger partial charge in [-0.25, -0.2) is 9.18 Å². The molecule has 4 nitrogen and oxygen atoms in total. The van der Waals surface area contributed by atoms with Crippen LogP contribution < -0.4 is 0 Å². The van der Waals surface area contributed by atoms with Crippen LogP contribution in [0.2, 0.25) is 0 Å². The van der Waals surface area contributed by atoms with Crippen LogP contribution in [0.5, 0.6) is 0 Å². The van der Waals surface area contributed by atoms with Gasteiger partial charge in [0, 0.05) is 12.5 Å². The minimum atomic E-state index is -1.33. The molecule has 0 aromatic carbocycles. The van der Waals surface area contributed by atoms with Gasteiger partial charge in [0.25, 0.3) is 0 Å². The van der Waals surface area contributed by atoms with E-state index in [0.29, 0.717) is 13.0 Å². The first-order valence-corrected chi connectivity index (χ1v) is 5.61. The first-order valence-electron chi connectivity index (χ1n) is 5.61. The highest BCUT2D eigenvalue weighted by atomic mass is 19.1. The standard InChI is InChI=1S/C11H18FNO3/c1-11(2,3)16-10(15)13-5-6-4-7(13)8(12)9(6)14/h6-9,14H,4-5H2,1-3H3/t6?,7?,8-,9+/m1/s1. The van der Waals surface area contributed by atoms with Crippen molar-refractivity contribution in [1.29, 1.82) is 0 Å². The van der Waals surface area contributed by atoms with Crippen LogP contribution in [0, 0.1) is 5.92 Å². The molecule has 0 aromatic heterocycles. The number of halogens is 1. The van der Waals surface area contributed by atoms with Crippen LogP contribution in [0.3, 0.4) is 0 Å². The highest BCUT2D eigenvalue weighted by molar-refractivity contribution is 5.69. The van der Waals surface area contributed by atoms with Gasteiger partial charge in [0.05, 0.1) is 12.1 Å². The van der Waals surface area contributed by atoms with E-state index >= 15 is 0 Å². The molecule has 1 saturated carbocycles. The van der Waals surface area contributed by atoms with E-state index in [2.05, 4.69) is 0 Å². The maximum atomic E-state index is 13.6. The molecule has 1 N–H and O–H groups in total. The lowest BCUT2D eigenvalue weighted by Crippen LogP contribution is -2.50. The number of amides is 1. The summed E-state index contributed by atoms with van der Waals surface area (Å²) in [6.07, 6.45) is -2.17. The van der Waals surface area contributed by atoms with E-state index in [4.69, 9.17) is 4.74 Å². The third-order valence-corrected chi connectivity index (χ3v) is 3.18. The van der Waals surface area contributed by atoms with Crippen LogP contribution in [0.15, 0.2) is 0 Å². The highest BCUT2D eigenvalue weighted by Gasteiger charge is 2.54. The number of alkyl halides is 1. The van der Waals surface area contributed by atoms with Gasteiger partial charge in [-0.3, -0.25) is 0 Å². The van der Waals surface area contributed by atoms with Gasteiger partial charge in [0.2, 0.25) is 0 Å². The summed E-state index contributed by atoms with van der Waals surface area (Å²) in [5.74, 6) is -0.132. The molecule has 5 heteroatoms. The maximum Gasteiger partial charge on any atom is 0.410 e. The van der Waals surface area contributed by atoms with Crippen molar-refractivity contribution in [3.05, 3.63) is 0 Å². The zero-order valence-corrected chi connectivity index (χ0v) is 9.81. The fraction of sp³-hybridized carbons (Fsp3) is 0.909. The highest BCUT2D eigenvalue weighted by Crippen LogP contribution is 2.40. The summed E-state index contributed by atoms with van der Waals surface area (Å²) in [5, 5.41) is 9.47. The van der Waals surface area contributed by atoms with Crippen molar-refractivity contribution in [3.63, 3.8) is 0 Å². The molecular weight excluding hydrogens is 213 g/mol. The minimum Gasteiger partial charge on any atom is -0.444 e. The van der Waals surface area contributed by atoms with E-state index < -0.39 is 30.0 Å². The number of rotatable bonds is 0. The van der Waals surface area contributed by atoms with Crippen molar-refractivity contribution >= 4 is 6.09 Å². The number of hydrogen-bond acceptors (Lipinski definition) is 3. The molecule has 0 aromatic rings. The van der Waals surface area contributed by atoms with Gasteiger partial charge in [-0.2, -0.15) is 0 Å². The Kier molecular flexibility index (Phi) is 2.61. The summed E-state index contributed by atoms with van der Waals surface area (Å²) < 4.78 is 18.8. The third kappa shape index (κ3) is 1.88. The van der Waals surface area contributed by atoms with Gasteiger partial charge in [-0.05, 0) is 27.2 Å². The predicted octanol–water partition coefficient (Wildman–Crippen LogP) is 1.32. The predicted molar refractivity (Wildman–Crippen MR) is 55.7 cm³/mol. The maximum absolute atomic E-state index is 13.6. The number of carbonyl (C=O) groups excluding carboxylic acids is 1. The van der Waals surface area contributed by atoms with Crippen LogP contribution >= 0.6 is 0 Å². The summed E-state index contributed by atoms with van der Waals surface area (Å²) in [5.41, 5.74) is -0.566. The molecule has 92 valence electrons. The molecule has 0 spiro atoms. The van der Waals surface area contributed by atoms with Crippen LogP contribution in [0.1, 0.15) is 27.2 Å². The second-order valence-electron chi connectivity index (χ2n) is 5.63. The Morgan fingerprint density at radius 1 is 1.50 bits per heavy atom. The summed E-state index contributed by atoms with van der Waals surface area (Å²) in [6, 6.07) is -0.505. The summed E-state index contributed by atoms with van der Waals surface area (Å²) in [4.78, 5) is 13.2. The topological polar surface area (TPSA) is 49.8 Å². The van der Waals surface area contributed by atoms with Gasteiger partial charge < -0.3 is 14.7 Å². The van der Waals surface area contributed by atoms with Gasteiger partial charge in [0.1, 0.15) is 11.8 Å². The fourth-order valence-corrected chi connectivity index (χ4v) is 2.47. The van der Waals surface area contributed by atoms with Gasteiger partial charge >= 0.3 is 6.09 Å². The van der Waals surface area contributed by atoms with Crippen molar-refractivity contribution in [2.45, 2.75) is 51.1 Å². The molecular formula is C11H18FNO3. The summed E-state index contributed by atoms with van der Waals surface area (Å²) >= 11 is 0. The van der Waals surface area contributed by atoms with Crippen LogP contribution in [0.4, 0.5) is 9.18 Å². The van der Waals surface area contributed by atoms with Gasteiger partial charge in [-0.15, -0.1) is 0 Å². The molecule has 1 saturated heterocycles. The van der Waals surface area contributed by atoms with Gasteiger partial charge in [-0.1, -0.05) is 0 Å². The summed E-state index contributed by atoms with van der Waals surface area (Å²) in [6.45, 7) is 5.74. The number of carbonyl (C=O) groups is 1. The molecule has 2 rings (SSSR count). The van der Waals surface area contributed by atoms with E-state index in [9.17, 15) is 14.3 Å². The smallest absolute Gasteiger partial charge is 0.410 e. The SMILES string of the molecule is CC(C)(C)OC(=O)N1CC2CC1[C@@H](F)[C@H]2O. The Bertz CT molecular complexity index is 300. The van der Waals surface area contributed by atoms with Gasteiger partial charge in [0.15, 0.2) is 0 Å². The van der Waals surface area contributed by atoms with E-state index in [1.54, 1.807) is 20.8 Å². The molecule has 16 heavy (non-hydrogen) atoms. The van der Waals surface area contributed by atoms with Crippen molar-refractivity contribution in [1.82, 2.24) is 4.90 Å². The number of piperidine rings is 1. The Hall–Kier alpha value is -0.840. The second-order valence-corrected chi connectivity index (χ2v) is 5.63.